The zero-order valence-corrected chi connectivity index (χ0v) is 11.7. The zero-order chi connectivity index (χ0) is 12.5. The van der Waals surface area contributed by atoms with Crippen molar-refractivity contribution in [2.45, 2.75) is 39.0 Å². The van der Waals surface area contributed by atoms with Crippen molar-refractivity contribution in [1.82, 2.24) is 4.90 Å². The summed E-state index contributed by atoms with van der Waals surface area (Å²) in [6.45, 7) is 7.83. The van der Waals surface area contributed by atoms with E-state index in [1.165, 1.54) is 51.7 Å². The Morgan fingerprint density at radius 2 is 2.24 bits per heavy atom. The number of nitrogens with zero attached hydrogens (tertiary/aromatic N) is 1. The van der Waals surface area contributed by atoms with Crippen molar-refractivity contribution in [1.29, 1.82) is 0 Å². The lowest BCUT2D eigenvalue weighted by Crippen LogP contribution is -2.23. The summed E-state index contributed by atoms with van der Waals surface area (Å²) in [4.78, 5) is 2.60. The van der Waals surface area contributed by atoms with E-state index in [1.54, 1.807) is 7.11 Å². The molecule has 0 spiro atoms. The maximum Gasteiger partial charge on any atom is 0.0503 e. The summed E-state index contributed by atoms with van der Waals surface area (Å²) in [7, 11) is 1.81. The van der Waals surface area contributed by atoms with Gasteiger partial charge in [0.25, 0.3) is 0 Å². The molecular formula is C14H30N2O. The molecule has 1 fully saturated rings. The minimum absolute atomic E-state index is 0.769. The SMILES string of the molecule is CCC(CCN)CCCN1CCC(COC)C1. The molecule has 0 aromatic heterocycles. The quantitative estimate of drug-likeness (QED) is 0.673. The van der Waals surface area contributed by atoms with Crippen LogP contribution in [0.15, 0.2) is 0 Å². The highest BCUT2D eigenvalue weighted by Gasteiger charge is 2.21. The lowest BCUT2D eigenvalue weighted by Gasteiger charge is -2.18. The number of hydrogen-bond donors (Lipinski definition) is 1. The highest BCUT2D eigenvalue weighted by molar-refractivity contribution is 4.75. The zero-order valence-electron chi connectivity index (χ0n) is 11.7. The summed E-state index contributed by atoms with van der Waals surface area (Å²) in [5.41, 5.74) is 5.63. The van der Waals surface area contributed by atoms with Gasteiger partial charge in [0, 0.05) is 13.7 Å². The van der Waals surface area contributed by atoms with Crippen LogP contribution in [0.1, 0.15) is 39.0 Å². The smallest absolute Gasteiger partial charge is 0.0503 e. The first-order chi connectivity index (χ1) is 8.30. The van der Waals surface area contributed by atoms with Gasteiger partial charge in [-0.2, -0.15) is 0 Å². The second-order valence-electron chi connectivity index (χ2n) is 5.40. The van der Waals surface area contributed by atoms with Crippen LogP contribution in [-0.2, 0) is 4.74 Å². The number of likely N-dealkylation sites (tertiary alicyclic amines) is 1. The van der Waals surface area contributed by atoms with Gasteiger partial charge < -0.3 is 15.4 Å². The van der Waals surface area contributed by atoms with Crippen LogP contribution in [0.4, 0.5) is 0 Å². The van der Waals surface area contributed by atoms with Gasteiger partial charge in [0.05, 0.1) is 6.61 Å². The fourth-order valence-electron chi connectivity index (χ4n) is 2.88. The summed E-state index contributed by atoms with van der Waals surface area (Å²) in [6, 6.07) is 0. The van der Waals surface area contributed by atoms with Crippen molar-refractivity contribution in [2.75, 3.05) is 39.9 Å². The summed E-state index contributed by atoms with van der Waals surface area (Å²) in [5, 5.41) is 0. The first-order valence-electron chi connectivity index (χ1n) is 7.21. The minimum Gasteiger partial charge on any atom is -0.384 e. The van der Waals surface area contributed by atoms with Gasteiger partial charge in [-0.05, 0) is 57.2 Å². The van der Waals surface area contributed by atoms with Crippen LogP contribution in [0.5, 0.6) is 0 Å². The van der Waals surface area contributed by atoms with E-state index in [9.17, 15) is 0 Å². The molecule has 1 aliphatic heterocycles. The highest BCUT2D eigenvalue weighted by Crippen LogP contribution is 2.19. The molecule has 0 aromatic carbocycles. The van der Waals surface area contributed by atoms with Gasteiger partial charge in [-0.15, -0.1) is 0 Å². The van der Waals surface area contributed by atoms with E-state index >= 15 is 0 Å². The maximum absolute atomic E-state index is 5.63. The molecule has 1 heterocycles. The molecule has 0 radical (unpaired) electrons. The molecule has 0 amide bonds. The fraction of sp³-hybridized carbons (Fsp3) is 1.00. The molecule has 102 valence electrons. The van der Waals surface area contributed by atoms with E-state index in [0.29, 0.717) is 0 Å². The third-order valence-corrected chi connectivity index (χ3v) is 4.01. The molecule has 0 saturated carbocycles. The van der Waals surface area contributed by atoms with Crippen molar-refractivity contribution in [3.05, 3.63) is 0 Å². The molecule has 3 heteroatoms. The third-order valence-electron chi connectivity index (χ3n) is 4.01. The van der Waals surface area contributed by atoms with Gasteiger partial charge >= 0.3 is 0 Å². The summed E-state index contributed by atoms with van der Waals surface area (Å²) >= 11 is 0. The molecule has 2 atom stereocenters. The highest BCUT2D eigenvalue weighted by atomic mass is 16.5. The molecular weight excluding hydrogens is 212 g/mol. The van der Waals surface area contributed by atoms with Crippen LogP contribution in [-0.4, -0.2) is 44.8 Å². The Bertz CT molecular complexity index is 187. The lowest BCUT2D eigenvalue weighted by atomic mass is 9.97. The molecule has 17 heavy (non-hydrogen) atoms. The second-order valence-corrected chi connectivity index (χ2v) is 5.40. The molecule has 0 aromatic rings. The van der Waals surface area contributed by atoms with E-state index in [1.807, 2.05) is 0 Å². The van der Waals surface area contributed by atoms with Crippen molar-refractivity contribution < 1.29 is 4.74 Å². The second kappa shape index (κ2) is 8.90. The number of rotatable bonds is 9. The Balaban J connectivity index is 2.07. The molecule has 2 N–H and O–H groups in total. The van der Waals surface area contributed by atoms with Gasteiger partial charge in [0.15, 0.2) is 0 Å². The average Bonchev–Trinajstić information content (AvgIpc) is 2.76. The first kappa shape index (κ1) is 14.9. The number of methoxy groups -OCH3 is 1. The molecule has 0 aliphatic carbocycles. The Labute approximate surface area is 107 Å². The van der Waals surface area contributed by atoms with Crippen LogP contribution in [0, 0.1) is 11.8 Å². The van der Waals surface area contributed by atoms with Gasteiger partial charge in [-0.1, -0.05) is 13.3 Å². The van der Waals surface area contributed by atoms with Crippen LogP contribution in [0.2, 0.25) is 0 Å². The fourth-order valence-corrected chi connectivity index (χ4v) is 2.88. The molecule has 2 unspecified atom stereocenters. The summed E-state index contributed by atoms with van der Waals surface area (Å²) < 4.78 is 5.23. The van der Waals surface area contributed by atoms with Crippen molar-refractivity contribution in [3.63, 3.8) is 0 Å². The Morgan fingerprint density at radius 3 is 2.88 bits per heavy atom. The summed E-state index contributed by atoms with van der Waals surface area (Å²) in [5.74, 6) is 1.61. The van der Waals surface area contributed by atoms with Crippen molar-refractivity contribution in [3.8, 4) is 0 Å². The Hall–Kier alpha value is -0.120. The predicted molar refractivity (Wildman–Crippen MR) is 73.1 cm³/mol. The van der Waals surface area contributed by atoms with Crippen molar-refractivity contribution in [2.24, 2.45) is 17.6 Å². The van der Waals surface area contributed by atoms with Crippen molar-refractivity contribution >= 4 is 0 Å². The van der Waals surface area contributed by atoms with E-state index in [2.05, 4.69) is 11.8 Å². The van der Waals surface area contributed by atoms with Crippen LogP contribution < -0.4 is 5.73 Å². The van der Waals surface area contributed by atoms with E-state index in [4.69, 9.17) is 10.5 Å². The minimum atomic E-state index is 0.769. The topological polar surface area (TPSA) is 38.5 Å². The Kier molecular flexibility index (Phi) is 7.82. The normalized spacial score (nSPS) is 23.1. The first-order valence-corrected chi connectivity index (χ1v) is 7.21. The number of ether oxygens (including phenoxy) is 1. The predicted octanol–water partition coefficient (Wildman–Crippen LogP) is 2.11. The van der Waals surface area contributed by atoms with Gasteiger partial charge in [-0.3, -0.25) is 0 Å². The maximum atomic E-state index is 5.63. The monoisotopic (exact) mass is 242 g/mol. The largest absolute Gasteiger partial charge is 0.384 e. The van der Waals surface area contributed by atoms with Gasteiger partial charge in [0.2, 0.25) is 0 Å². The molecule has 0 bridgehead atoms. The number of nitrogens with two attached hydrogens (primary N) is 1. The number of hydrogen-bond acceptors (Lipinski definition) is 3. The summed E-state index contributed by atoms with van der Waals surface area (Å²) in [6.07, 6.45) is 6.47. The van der Waals surface area contributed by atoms with E-state index < -0.39 is 0 Å². The lowest BCUT2D eigenvalue weighted by molar-refractivity contribution is 0.153. The Morgan fingerprint density at radius 1 is 1.41 bits per heavy atom. The van der Waals surface area contributed by atoms with Crippen LogP contribution in [0.3, 0.4) is 0 Å². The molecule has 3 nitrogen and oxygen atoms in total. The van der Waals surface area contributed by atoms with E-state index in [-0.39, 0.29) is 0 Å². The third kappa shape index (κ3) is 5.84. The van der Waals surface area contributed by atoms with Gasteiger partial charge in [-0.25, -0.2) is 0 Å². The molecule has 1 saturated heterocycles. The average molecular weight is 242 g/mol. The molecule has 1 aliphatic rings. The van der Waals surface area contributed by atoms with Gasteiger partial charge in [0.1, 0.15) is 0 Å². The van der Waals surface area contributed by atoms with Crippen LogP contribution in [0.25, 0.3) is 0 Å². The van der Waals surface area contributed by atoms with Crippen LogP contribution >= 0.6 is 0 Å². The van der Waals surface area contributed by atoms with E-state index in [0.717, 1.165) is 25.0 Å². The standard InChI is InChI=1S/C14H30N2O/c1-3-13(6-8-15)5-4-9-16-10-7-14(11-16)12-17-2/h13-14H,3-12,15H2,1-2H3. The molecule has 1 rings (SSSR count).